The largest absolute Gasteiger partial charge is 0.497 e. The van der Waals surface area contributed by atoms with E-state index in [1.54, 1.807) is 19.2 Å². The van der Waals surface area contributed by atoms with Gasteiger partial charge in [0.15, 0.2) is 0 Å². The summed E-state index contributed by atoms with van der Waals surface area (Å²) < 4.78 is 5.01. The van der Waals surface area contributed by atoms with Gasteiger partial charge in [-0.3, -0.25) is 4.79 Å². The molecular weight excluding hydrogens is 218 g/mol. The van der Waals surface area contributed by atoms with Crippen molar-refractivity contribution in [2.45, 2.75) is 32.7 Å². The van der Waals surface area contributed by atoms with E-state index >= 15 is 0 Å². The Kier molecular flexibility index (Phi) is 7.80. The van der Waals surface area contributed by atoms with E-state index in [0.29, 0.717) is 12.2 Å². The maximum Gasteiger partial charge on any atom is 0.320 e. The molecule has 1 atom stereocenters. The number of benzene rings is 1. The Hall–Kier alpha value is -1.55. The lowest BCUT2D eigenvalue weighted by molar-refractivity contribution is -0.138. The van der Waals surface area contributed by atoms with Crippen molar-refractivity contribution in [2.24, 2.45) is 5.73 Å². The first kappa shape index (κ1) is 15.4. The van der Waals surface area contributed by atoms with Crippen molar-refractivity contribution in [2.75, 3.05) is 7.11 Å². The van der Waals surface area contributed by atoms with Crippen LogP contribution >= 0.6 is 0 Å². The van der Waals surface area contributed by atoms with Gasteiger partial charge in [-0.15, -0.1) is 0 Å². The second-order valence-electron chi connectivity index (χ2n) is 3.71. The lowest BCUT2D eigenvalue weighted by atomic mass is 10.1. The van der Waals surface area contributed by atoms with E-state index in [0.717, 1.165) is 5.56 Å². The first-order valence-electron chi connectivity index (χ1n) is 5.66. The van der Waals surface area contributed by atoms with E-state index in [1.807, 2.05) is 12.1 Å². The first-order valence-corrected chi connectivity index (χ1v) is 5.66. The topological polar surface area (TPSA) is 72.5 Å². The summed E-state index contributed by atoms with van der Waals surface area (Å²) in [7, 11) is 1.57. The van der Waals surface area contributed by atoms with Crippen molar-refractivity contribution in [1.29, 1.82) is 0 Å². The lowest BCUT2D eigenvalue weighted by Crippen LogP contribution is -2.32. The minimum Gasteiger partial charge on any atom is -0.497 e. The van der Waals surface area contributed by atoms with Gasteiger partial charge in [-0.2, -0.15) is 0 Å². The summed E-state index contributed by atoms with van der Waals surface area (Å²) in [5.41, 5.74) is 6.26. The zero-order valence-electron chi connectivity index (χ0n) is 10.6. The van der Waals surface area contributed by atoms with Gasteiger partial charge in [-0.05, 0) is 24.1 Å². The number of rotatable bonds is 4. The van der Waals surface area contributed by atoms with Crippen LogP contribution < -0.4 is 10.5 Å². The number of hydrogen-bond donors (Lipinski definition) is 2. The van der Waals surface area contributed by atoms with Crippen molar-refractivity contribution in [3.63, 3.8) is 0 Å². The van der Waals surface area contributed by atoms with Crippen molar-refractivity contribution < 1.29 is 14.6 Å². The van der Waals surface area contributed by atoms with Gasteiger partial charge in [0.2, 0.25) is 0 Å². The van der Waals surface area contributed by atoms with Crippen LogP contribution in [0.25, 0.3) is 0 Å². The molecule has 17 heavy (non-hydrogen) atoms. The molecule has 0 saturated heterocycles. The molecule has 3 N–H and O–H groups in total. The number of carboxylic acids is 1. The van der Waals surface area contributed by atoms with Crippen LogP contribution in [0.5, 0.6) is 5.75 Å². The van der Waals surface area contributed by atoms with Crippen LogP contribution in [-0.4, -0.2) is 24.2 Å². The van der Waals surface area contributed by atoms with E-state index < -0.39 is 12.0 Å². The fraction of sp³-hybridized carbons (Fsp3) is 0.462. The van der Waals surface area contributed by atoms with Gasteiger partial charge in [-0.1, -0.05) is 32.4 Å². The Morgan fingerprint density at radius 3 is 2.53 bits per heavy atom. The Bertz CT molecular complexity index is 339. The van der Waals surface area contributed by atoms with Gasteiger partial charge in [-0.25, -0.2) is 0 Å². The highest BCUT2D eigenvalue weighted by molar-refractivity contribution is 5.73. The number of carbonyl (C=O) groups is 1. The van der Waals surface area contributed by atoms with Gasteiger partial charge in [0.1, 0.15) is 11.8 Å². The molecule has 0 amide bonds. The van der Waals surface area contributed by atoms with Crippen LogP contribution in [0.2, 0.25) is 0 Å². The van der Waals surface area contributed by atoms with Crippen molar-refractivity contribution in [1.82, 2.24) is 0 Å². The van der Waals surface area contributed by atoms with Crippen molar-refractivity contribution in [3.05, 3.63) is 29.8 Å². The molecule has 0 aliphatic carbocycles. The molecule has 0 saturated carbocycles. The third-order valence-electron chi connectivity index (χ3n) is 1.91. The molecule has 1 unspecified atom stereocenters. The average Bonchev–Trinajstić information content (AvgIpc) is 2.30. The minimum atomic E-state index is -0.993. The Morgan fingerprint density at radius 1 is 1.47 bits per heavy atom. The van der Waals surface area contributed by atoms with Crippen LogP contribution in [0.4, 0.5) is 0 Å². The van der Waals surface area contributed by atoms with Crippen LogP contribution in [0.15, 0.2) is 24.3 Å². The van der Waals surface area contributed by atoms with E-state index in [1.165, 1.54) is 6.42 Å². The van der Waals surface area contributed by atoms with Gasteiger partial charge in [0, 0.05) is 0 Å². The normalized spacial score (nSPS) is 11.1. The highest BCUT2D eigenvalue weighted by Gasteiger charge is 2.11. The molecule has 96 valence electrons. The maximum absolute atomic E-state index is 10.5. The molecule has 0 aliphatic heterocycles. The number of nitrogens with two attached hydrogens (primary N) is 1. The van der Waals surface area contributed by atoms with E-state index in [4.69, 9.17) is 15.6 Å². The molecule has 0 radical (unpaired) electrons. The first-order chi connectivity index (χ1) is 8.04. The smallest absolute Gasteiger partial charge is 0.320 e. The highest BCUT2D eigenvalue weighted by atomic mass is 16.5. The lowest BCUT2D eigenvalue weighted by Gasteiger charge is -2.07. The zero-order chi connectivity index (χ0) is 13.3. The van der Waals surface area contributed by atoms with Crippen LogP contribution in [0, 0.1) is 0 Å². The standard InChI is InChI=1S/C10H13NO3.C3H8/c1-14-8-4-2-3-7(5-8)6-9(11)10(12)13;1-3-2/h2-5,9H,6,11H2,1H3,(H,12,13);3H2,1-2H3. The van der Waals surface area contributed by atoms with Gasteiger partial charge in [0.25, 0.3) is 0 Å². The van der Waals surface area contributed by atoms with Gasteiger partial charge in [0.05, 0.1) is 7.11 Å². The third kappa shape index (κ3) is 6.58. The van der Waals surface area contributed by atoms with E-state index in [9.17, 15) is 4.79 Å². The molecule has 1 aromatic rings. The summed E-state index contributed by atoms with van der Waals surface area (Å²) >= 11 is 0. The molecule has 1 aromatic carbocycles. The molecule has 0 fully saturated rings. The maximum atomic E-state index is 10.5. The van der Waals surface area contributed by atoms with Crippen LogP contribution in [-0.2, 0) is 11.2 Å². The molecule has 0 aliphatic rings. The van der Waals surface area contributed by atoms with Crippen molar-refractivity contribution in [3.8, 4) is 5.75 Å². The summed E-state index contributed by atoms with van der Waals surface area (Å²) in [6, 6.07) is 6.36. The second-order valence-corrected chi connectivity index (χ2v) is 3.71. The molecule has 0 spiro atoms. The van der Waals surface area contributed by atoms with Crippen LogP contribution in [0.3, 0.4) is 0 Å². The number of ether oxygens (including phenoxy) is 1. The fourth-order valence-electron chi connectivity index (χ4n) is 1.14. The average molecular weight is 239 g/mol. The SMILES string of the molecule is CCC.COc1cccc(CC(N)C(=O)O)c1. The van der Waals surface area contributed by atoms with Crippen molar-refractivity contribution >= 4 is 5.97 Å². The van der Waals surface area contributed by atoms with Crippen LogP contribution in [0.1, 0.15) is 25.8 Å². The number of methoxy groups -OCH3 is 1. The van der Waals surface area contributed by atoms with Gasteiger partial charge < -0.3 is 15.6 Å². The number of carboxylic acid groups (broad SMARTS) is 1. The Morgan fingerprint density at radius 2 is 2.06 bits per heavy atom. The fourth-order valence-corrected chi connectivity index (χ4v) is 1.14. The summed E-state index contributed by atoms with van der Waals surface area (Å²) in [5, 5.41) is 8.61. The molecule has 0 aromatic heterocycles. The van der Waals surface area contributed by atoms with E-state index in [2.05, 4.69) is 13.8 Å². The molecule has 1 rings (SSSR count). The Balaban J connectivity index is 0.000000770. The summed E-state index contributed by atoms with van der Waals surface area (Å²) in [4.78, 5) is 10.5. The molecule has 4 heteroatoms. The quantitative estimate of drug-likeness (QED) is 0.843. The minimum absolute atomic E-state index is 0.312. The summed E-state index contributed by atoms with van der Waals surface area (Å²) in [6.07, 6.45) is 1.56. The molecular formula is C13H21NO3. The number of aliphatic carboxylic acids is 1. The second kappa shape index (κ2) is 8.58. The zero-order valence-corrected chi connectivity index (χ0v) is 10.6. The van der Waals surface area contributed by atoms with Gasteiger partial charge >= 0.3 is 5.97 Å². The number of hydrogen-bond acceptors (Lipinski definition) is 3. The molecule has 0 bridgehead atoms. The molecule has 4 nitrogen and oxygen atoms in total. The monoisotopic (exact) mass is 239 g/mol. The third-order valence-corrected chi connectivity index (χ3v) is 1.91. The predicted octanol–water partition coefficient (Wildman–Crippen LogP) is 2.07. The summed E-state index contributed by atoms with van der Waals surface area (Å²) in [6.45, 7) is 4.25. The Labute approximate surface area is 102 Å². The molecule has 0 heterocycles. The van der Waals surface area contributed by atoms with E-state index in [-0.39, 0.29) is 0 Å². The summed E-state index contributed by atoms with van der Waals surface area (Å²) in [5.74, 6) is -0.284. The highest BCUT2D eigenvalue weighted by Crippen LogP contribution is 2.13. The predicted molar refractivity (Wildman–Crippen MR) is 68.3 cm³/mol.